The molecule has 1 saturated heterocycles. The van der Waals surface area contributed by atoms with E-state index < -0.39 is 12.0 Å². The van der Waals surface area contributed by atoms with Crippen LogP contribution in [0.25, 0.3) is 10.6 Å². The number of aliphatic hydroxyl groups is 1. The molecule has 30 heavy (non-hydrogen) atoms. The molecule has 0 bridgehead atoms. The predicted molar refractivity (Wildman–Crippen MR) is 114 cm³/mol. The van der Waals surface area contributed by atoms with Crippen molar-refractivity contribution in [3.8, 4) is 22.9 Å². The maximum absolute atomic E-state index is 11.9. The summed E-state index contributed by atoms with van der Waals surface area (Å²) in [6.45, 7) is 0.694. The number of nitrogens with one attached hydrogen (secondary N) is 1. The average molecular weight is 426 g/mol. The van der Waals surface area contributed by atoms with Gasteiger partial charge in [0.1, 0.15) is 16.1 Å². The second-order valence-electron chi connectivity index (χ2n) is 7.11. The molecule has 9 heteroatoms. The summed E-state index contributed by atoms with van der Waals surface area (Å²) in [4.78, 5) is 39.8. The van der Waals surface area contributed by atoms with Crippen molar-refractivity contribution < 1.29 is 19.5 Å². The zero-order valence-corrected chi connectivity index (χ0v) is 17.2. The number of aliphatic hydroxyl groups excluding tert-OH is 1. The van der Waals surface area contributed by atoms with Gasteiger partial charge in [0.05, 0.1) is 0 Å². The number of carbonyl (C=O) groups excluding carboxylic acids is 3. The molecular formula is C21H22N4O4S. The first-order valence-electron chi connectivity index (χ1n) is 9.41. The number of likely N-dealkylation sites (N-methyl/N-ethyl adjacent to an activating group) is 1. The number of terminal acetylenes is 1. The summed E-state index contributed by atoms with van der Waals surface area (Å²) in [5.41, 5.74) is 6.94. The Balaban J connectivity index is 0.000000269. The highest BCUT2D eigenvalue weighted by Crippen LogP contribution is 2.35. The number of thiazole rings is 1. The number of benzene rings is 1. The molecule has 3 amide bonds. The van der Waals surface area contributed by atoms with Gasteiger partial charge in [0.25, 0.3) is 11.8 Å². The second-order valence-corrected chi connectivity index (χ2v) is 8.11. The van der Waals surface area contributed by atoms with Crippen molar-refractivity contribution in [1.82, 2.24) is 9.88 Å². The molecule has 4 N–H and O–H groups in total. The van der Waals surface area contributed by atoms with Crippen LogP contribution in [0.15, 0.2) is 24.3 Å². The van der Waals surface area contributed by atoms with Crippen molar-refractivity contribution in [1.29, 1.82) is 0 Å². The first kappa shape index (κ1) is 21.5. The van der Waals surface area contributed by atoms with E-state index in [1.165, 1.54) is 16.2 Å². The SMILES string of the molecule is C#Cc1cccc(-c2nc(C(N)=O)c(NC(=O)C3CC3)s2)c1.CN1CC[C@H](O)C1=O. The number of hydrogen-bond acceptors (Lipinski definition) is 6. The van der Waals surface area contributed by atoms with Gasteiger partial charge in [-0.2, -0.15) is 0 Å². The minimum Gasteiger partial charge on any atom is -0.383 e. The highest BCUT2D eigenvalue weighted by atomic mass is 32.1. The van der Waals surface area contributed by atoms with Crippen molar-refractivity contribution in [2.24, 2.45) is 11.7 Å². The lowest BCUT2D eigenvalue weighted by molar-refractivity contribution is -0.133. The number of carbonyl (C=O) groups is 3. The van der Waals surface area contributed by atoms with Crippen LogP contribution in [0, 0.1) is 18.3 Å². The molecule has 2 heterocycles. The summed E-state index contributed by atoms with van der Waals surface area (Å²) in [7, 11) is 1.69. The molecule has 156 valence electrons. The minimum atomic E-state index is -0.722. The molecule has 1 aromatic carbocycles. The lowest BCUT2D eigenvalue weighted by Crippen LogP contribution is -2.24. The Bertz CT molecular complexity index is 1010. The van der Waals surface area contributed by atoms with Crippen LogP contribution in [0.3, 0.4) is 0 Å². The number of anilines is 1. The molecule has 1 atom stereocenters. The van der Waals surface area contributed by atoms with E-state index in [0.29, 0.717) is 23.0 Å². The fraction of sp³-hybridized carbons (Fsp3) is 0.333. The van der Waals surface area contributed by atoms with E-state index >= 15 is 0 Å². The number of aromatic nitrogens is 1. The Kier molecular flexibility index (Phi) is 6.50. The van der Waals surface area contributed by atoms with E-state index in [2.05, 4.69) is 16.2 Å². The number of nitrogens with two attached hydrogens (primary N) is 1. The first-order valence-corrected chi connectivity index (χ1v) is 10.2. The van der Waals surface area contributed by atoms with Gasteiger partial charge in [-0.15, -0.1) is 6.42 Å². The number of primary amides is 1. The first-order chi connectivity index (χ1) is 14.3. The van der Waals surface area contributed by atoms with Crippen LogP contribution < -0.4 is 11.1 Å². The standard InChI is InChI=1S/C16H13N3O2S.C5H9NO2/c1-2-9-4-3-5-11(8-9)15-18-12(13(17)20)16(22-15)19-14(21)10-6-7-10;1-6-3-2-4(7)5(6)8/h1,3-5,8,10H,6-7H2,(H2,17,20)(H,19,21);4,7H,2-3H2,1H3/t;4-/m.0/s1. The van der Waals surface area contributed by atoms with Gasteiger partial charge >= 0.3 is 0 Å². The molecule has 1 saturated carbocycles. The molecule has 4 rings (SSSR count). The maximum Gasteiger partial charge on any atom is 0.270 e. The lowest BCUT2D eigenvalue weighted by atomic mass is 10.1. The molecule has 1 aliphatic carbocycles. The number of amides is 3. The summed E-state index contributed by atoms with van der Waals surface area (Å²) in [5, 5.41) is 12.5. The van der Waals surface area contributed by atoms with E-state index in [9.17, 15) is 14.4 Å². The third-order valence-electron chi connectivity index (χ3n) is 4.72. The lowest BCUT2D eigenvalue weighted by Gasteiger charge is -2.04. The molecule has 0 spiro atoms. The van der Waals surface area contributed by atoms with Gasteiger partial charge < -0.3 is 21.1 Å². The van der Waals surface area contributed by atoms with Crippen LogP contribution in [-0.4, -0.2) is 52.4 Å². The summed E-state index contributed by atoms with van der Waals surface area (Å²) in [6, 6.07) is 7.27. The smallest absolute Gasteiger partial charge is 0.270 e. The molecule has 8 nitrogen and oxygen atoms in total. The zero-order valence-electron chi connectivity index (χ0n) is 16.4. The molecule has 1 aromatic heterocycles. The summed E-state index contributed by atoms with van der Waals surface area (Å²) < 4.78 is 0. The van der Waals surface area contributed by atoms with Crippen LogP contribution in [-0.2, 0) is 9.59 Å². The van der Waals surface area contributed by atoms with Gasteiger partial charge in [0.2, 0.25) is 5.91 Å². The maximum atomic E-state index is 11.9. The summed E-state index contributed by atoms with van der Waals surface area (Å²) in [5.74, 6) is 1.69. The molecule has 2 aromatic rings. The number of nitrogens with zero attached hydrogens (tertiary/aromatic N) is 2. The van der Waals surface area contributed by atoms with Gasteiger partial charge in [0.15, 0.2) is 5.69 Å². The molecule has 0 radical (unpaired) electrons. The highest BCUT2D eigenvalue weighted by molar-refractivity contribution is 7.19. The Labute approximate surface area is 178 Å². The minimum absolute atomic E-state index is 0.0380. The van der Waals surface area contributed by atoms with Crippen LogP contribution >= 0.6 is 11.3 Å². The Morgan fingerprint density at radius 3 is 2.60 bits per heavy atom. The van der Waals surface area contributed by atoms with Crippen molar-refractivity contribution in [2.75, 3.05) is 18.9 Å². The average Bonchev–Trinajstić information content (AvgIpc) is 3.45. The van der Waals surface area contributed by atoms with Crippen molar-refractivity contribution in [3.63, 3.8) is 0 Å². The van der Waals surface area contributed by atoms with Crippen molar-refractivity contribution >= 4 is 34.1 Å². The van der Waals surface area contributed by atoms with E-state index in [4.69, 9.17) is 17.3 Å². The fourth-order valence-electron chi connectivity index (χ4n) is 2.80. The van der Waals surface area contributed by atoms with Crippen molar-refractivity contribution in [3.05, 3.63) is 35.5 Å². The monoisotopic (exact) mass is 426 g/mol. The quantitative estimate of drug-likeness (QED) is 0.638. The fourth-order valence-corrected chi connectivity index (χ4v) is 3.77. The summed E-state index contributed by atoms with van der Waals surface area (Å²) in [6.07, 6.45) is 7.02. The summed E-state index contributed by atoms with van der Waals surface area (Å²) >= 11 is 1.22. The van der Waals surface area contributed by atoms with E-state index in [1.54, 1.807) is 13.1 Å². The molecule has 1 aliphatic heterocycles. The van der Waals surface area contributed by atoms with Gasteiger partial charge in [-0.3, -0.25) is 14.4 Å². The largest absolute Gasteiger partial charge is 0.383 e. The third kappa shape index (κ3) is 5.03. The van der Waals surface area contributed by atoms with Crippen LogP contribution in [0.2, 0.25) is 0 Å². The van der Waals surface area contributed by atoms with E-state index in [1.807, 2.05) is 18.2 Å². The third-order valence-corrected chi connectivity index (χ3v) is 5.74. The van der Waals surface area contributed by atoms with Crippen molar-refractivity contribution in [2.45, 2.75) is 25.4 Å². The van der Waals surface area contributed by atoms with Crippen LogP contribution in [0.4, 0.5) is 5.00 Å². The van der Waals surface area contributed by atoms with E-state index in [0.717, 1.165) is 24.0 Å². The number of hydrogen-bond donors (Lipinski definition) is 3. The topological polar surface area (TPSA) is 126 Å². The normalized spacial score (nSPS) is 17.7. The Morgan fingerprint density at radius 2 is 2.10 bits per heavy atom. The van der Waals surface area contributed by atoms with Crippen LogP contribution in [0.5, 0.6) is 0 Å². The molecule has 0 unspecified atom stereocenters. The predicted octanol–water partition coefficient (Wildman–Crippen LogP) is 1.45. The van der Waals surface area contributed by atoms with Gasteiger partial charge in [-0.25, -0.2) is 4.98 Å². The second kappa shape index (κ2) is 9.07. The Hall–Kier alpha value is -3.22. The van der Waals surface area contributed by atoms with E-state index in [-0.39, 0.29) is 23.4 Å². The van der Waals surface area contributed by atoms with Crippen LogP contribution in [0.1, 0.15) is 35.3 Å². The molecule has 2 fully saturated rings. The number of rotatable bonds is 4. The Morgan fingerprint density at radius 1 is 1.37 bits per heavy atom. The highest BCUT2D eigenvalue weighted by Gasteiger charge is 2.31. The van der Waals surface area contributed by atoms with Gasteiger partial charge in [0, 0.05) is 30.6 Å². The number of likely N-dealkylation sites (tertiary alicyclic amines) is 1. The van der Waals surface area contributed by atoms with Gasteiger partial charge in [-0.1, -0.05) is 29.4 Å². The zero-order chi connectivity index (χ0) is 21.8. The molecule has 2 aliphatic rings. The molecular weight excluding hydrogens is 404 g/mol. The van der Waals surface area contributed by atoms with Gasteiger partial charge in [-0.05, 0) is 31.4 Å².